The van der Waals surface area contributed by atoms with Gasteiger partial charge >= 0.3 is 0 Å². The van der Waals surface area contributed by atoms with Crippen LogP contribution in [0.15, 0.2) is 29.2 Å². The summed E-state index contributed by atoms with van der Waals surface area (Å²) in [6, 6.07) is 6.69. The first kappa shape index (κ1) is 11.4. The number of hydrogen-bond donors (Lipinski definition) is 2. The molecule has 0 amide bonds. The SMILES string of the molecule is CS(=O)(=O)c1ccc(NCCS)cc1. The molecule has 1 rings (SSSR count). The highest BCUT2D eigenvalue weighted by Crippen LogP contribution is 2.13. The number of hydrogen-bond acceptors (Lipinski definition) is 4. The minimum Gasteiger partial charge on any atom is -0.384 e. The summed E-state index contributed by atoms with van der Waals surface area (Å²) in [4.78, 5) is 0.342. The third kappa shape index (κ3) is 3.23. The smallest absolute Gasteiger partial charge is 0.175 e. The molecule has 0 heterocycles. The standard InChI is InChI=1S/C9H13NO2S2/c1-14(11,12)9-4-2-8(3-5-9)10-6-7-13/h2-5,10,13H,6-7H2,1H3. The van der Waals surface area contributed by atoms with E-state index in [1.165, 1.54) is 6.26 Å². The third-order valence-corrected chi connectivity index (χ3v) is 3.08. The Hall–Kier alpha value is -0.680. The second kappa shape index (κ2) is 4.70. The van der Waals surface area contributed by atoms with Crippen LogP contribution < -0.4 is 5.32 Å². The molecule has 14 heavy (non-hydrogen) atoms. The summed E-state index contributed by atoms with van der Waals surface area (Å²) in [5.74, 6) is 0.744. The first-order valence-electron chi connectivity index (χ1n) is 4.19. The fourth-order valence-electron chi connectivity index (χ4n) is 1.02. The molecule has 5 heteroatoms. The molecule has 78 valence electrons. The van der Waals surface area contributed by atoms with E-state index in [0.29, 0.717) is 4.90 Å². The van der Waals surface area contributed by atoms with Crippen LogP contribution in [0.5, 0.6) is 0 Å². The van der Waals surface area contributed by atoms with Gasteiger partial charge in [-0.15, -0.1) is 0 Å². The number of benzene rings is 1. The van der Waals surface area contributed by atoms with E-state index in [2.05, 4.69) is 17.9 Å². The number of sulfone groups is 1. The maximum Gasteiger partial charge on any atom is 0.175 e. The molecule has 0 aliphatic carbocycles. The molecule has 0 unspecified atom stereocenters. The topological polar surface area (TPSA) is 46.2 Å². The van der Waals surface area contributed by atoms with Crippen LogP contribution in [-0.4, -0.2) is 27.0 Å². The first-order chi connectivity index (χ1) is 6.54. The molecule has 0 spiro atoms. The molecule has 0 bridgehead atoms. The molecule has 0 radical (unpaired) electrons. The Bertz CT molecular complexity index is 384. The molecule has 3 nitrogen and oxygen atoms in total. The van der Waals surface area contributed by atoms with Gasteiger partial charge < -0.3 is 5.32 Å². The van der Waals surface area contributed by atoms with Crippen LogP contribution in [0.25, 0.3) is 0 Å². The summed E-state index contributed by atoms with van der Waals surface area (Å²) in [7, 11) is -3.08. The normalized spacial score (nSPS) is 11.3. The van der Waals surface area contributed by atoms with Crippen molar-refractivity contribution in [3.8, 4) is 0 Å². The maximum absolute atomic E-state index is 11.1. The monoisotopic (exact) mass is 231 g/mol. The van der Waals surface area contributed by atoms with Crippen molar-refractivity contribution in [1.82, 2.24) is 0 Å². The van der Waals surface area contributed by atoms with Crippen LogP contribution in [0.3, 0.4) is 0 Å². The summed E-state index contributed by atoms with van der Waals surface area (Å²) in [5, 5.41) is 3.10. The van der Waals surface area contributed by atoms with E-state index in [9.17, 15) is 8.42 Å². The lowest BCUT2D eigenvalue weighted by molar-refractivity contribution is 0.602. The van der Waals surface area contributed by atoms with Crippen LogP contribution >= 0.6 is 12.6 Å². The molecule has 0 aromatic heterocycles. The lowest BCUT2D eigenvalue weighted by atomic mass is 10.3. The van der Waals surface area contributed by atoms with Gasteiger partial charge in [-0.3, -0.25) is 0 Å². The summed E-state index contributed by atoms with van der Waals surface area (Å²) < 4.78 is 22.3. The van der Waals surface area contributed by atoms with E-state index >= 15 is 0 Å². The molecule has 0 aliphatic heterocycles. The third-order valence-electron chi connectivity index (χ3n) is 1.72. The van der Waals surface area contributed by atoms with Gasteiger partial charge in [-0.1, -0.05) is 0 Å². The van der Waals surface area contributed by atoms with Crippen molar-refractivity contribution in [1.29, 1.82) is 0 Å². The Morgan fingerprint density at radius 1 is 1.29 bits per heavy atom. The molecule has 0 aliphatic rings. The minimum absolute atomic E-state index is 0.342. The molecule has 1 aromatic carbocycles. The van der Waals surface area contributed by atoms with Crippen LogP contribution in [0.2, 0.25) is 0 Å². The van der Waals surface area contributed by atoms with Crippen molar-refractivity contribution in [3.05, 3.63) is 24.3 Å². The molecular weight excluding hydrogens is 218 g/mol. The zero-order valence-corrected chi connectivity index (χ0v) is 9.61. The first-order valence-corrected chi connectivity index (χ1v) is 6.71. The quantitative estimate of drug-likeness (QED) is 0.771. The Morgan fingerprint density at radius 2 is 1.86 bits per heavy atom. The summed E-state index contributed by atoms with van der Waals surface area (Å²) in [5.41, 5.74) is 0.909. The van der Waals surface area contributed by atoms with Gasteiger partial charge in [0.05, 0.1) is 4.90 Å². The summed E-state index contributed by atoms with van der Waals surface area (Å²) in [6.45, 7) is 0.765. The van der Waals surface area contributed by atoms with Crippen LogP contribution in [0, 0.1) is 0 Å². The molecule has 1 N–H and O–H groups in total. The van der Waals surface area contributed by atoms with Gasteiger partial charge in [0.1, 0.15) is 0 Å². The predicted molar refractivity (Wildman–Crippen MR) is 61.9 cm³/mol. The zero-order valence-electron chi connectivity index (χ0n) is 7.90. The highest BCUT2D eigenvalue weighted by Gasteiger charge is 2.05. The van der Waals surface area contributed by atoms with Gasteiger partial charge in [0.25, 0.3) is 0 Å². The van der Waals surface area contributed by atoms with Gasteiger partial charge in [-0.05, 0) is 24.3 Å². The number of rotatable bonds is 4. The van der Waals surface area contributed by atoms with Crippen molar-refractivity contribution >= 4 is 28.2 Å². The fraction of sp³-hybridized carbons (Fsp3) is 0.333. The van der Waals surface area contributed by atoms with E-state index < -0.39 is 9.84 Å². The Kier molecular flexibility index (Phi) is 3.83. The van der Waals surface area contributed by atoms with Gasteiger partial charge in [-0.2, -0.15) is 12.6 Å². The van der Waals surface area contributed by atoms with Gasteiger partial charge in [0.15, 0.2) is 9.84 Å². The fourth-order valence-corrected chi connectivity index (χ4v) is 1.76. The molecule has 0 fully saturated rings. The minimum atomic E-state index is -3.08. The number of nitrogens with one attached hydrogen (secondary N) is 1. The highest BCUT2D eigenvalue weighted by molar-refractivity contribution is 7.90. The van der Waals surface area contributed by atoms with E-state index in [0.717, 1.165) is 18.0 Å². The zero-order chi connectivity index (χ0) is 10.6. The Balaban J connectivity index is 2.79. The summed E-state index contributed by atoms with van der Waals surface area (Å²) >= 11 is 4.06. The van der Waals surface area contributed by atoms with Gasteiger partial charge in [-0.25, -0.2) is 8.42 Å². The predicted octanol–water partition coefficient (Wildman–Crippen LogP) is 1.43. The second-order valence-corrected chi connectivity index (χ2v) is 5.41. The van der Waals surface area contributed by atoms with E-state index in [4.69, 9.17) is 0 Å². The van der Waals surface area contributed by atoms with Crippen molar-refractivity contribution in [3.63, 3.8) is 0 Å². The summed E-state index contributed by atoms with van der Waals surface area (Å²) in [6.07, 6.45) is 1.20. The average Bonchev–Trinajstić information content (AvgIpc) is 2.14. The lowest BCUT2D eigenvalue weighted by Crippen LogP contribution is -2.03. The van der Waals surface area contributed by atoms with Crippen molar-refractivity contribution < 1.29 is 8.42 Å². The van der Waals surface area contributed by atoms with Crippen molar-refractivity contribution in [2.24, 2.45) is 0 Å². The number of anilines is 1. The molecular formula is C9H13NO2S2. The Labute approximate surface area is 89.9 Å². The lowest BCUT2D eigenvalue weighted by Gasteiger charge is -2.04. The van der Waals surface area contributed by atoms with Crippen LogP contribution in [0.1, 0.15) is 0 Å². The van der Waals surface area contributed by atoms with Crippen molar-refractivity contribution in [2.75, 3.05) is 23.9 Å². The number of thiol groups is 1. The van der Waals surface area contributed by atoms with E-state index in [-0.39, 0.29) is 0 Å². The van der Waals surface area contributed by atoms with Crippen LogP contribution in [-0.2, 0) is 9.84 Å². The highest BCUT2D eigenvalue weighted by atomic mass is 32.2. The van der Waals surface area contributed by atoms with E-state index in [1.54, 1.807) is 24.3 Å². The second-order valence-electron chi connectivity index (χ2n) is 2.95. The van der Waals surface area contributed by atoms with Gasteiger partial charge in [0.2, 0.25) is 0 Å². The molecule has 0 saturated carbocycles. The van der Waals surface area contributed by atoms with E-state index in [1.807, 2.05) is 0 Å². The Morgan fingerprint density at radius 3 is 2.29 bits per heavy atom. The molecule has 1 aromatic rings. The maximum atomic E-state index is 11.1. The van der Waals surface area contributed by atoms with Gasteiger partial charge in [0, 0.05) is 24.2 Å². The average molecular weight is 231 g/mol. The van der Waals surface area contributed by atoms with Crippen LogP contribution in [0.4, 0.5) is 5.69 Å². The largest absolute Gasteiger partial charge is 0.384 e. The molecule has 0 atom stereocenters. The molecule has 0 saturated heterocycles. The van der Waals surface area contributed by atoms with Crippen molar-refractivity contribution in [2.45, 2.75) is 4.90 Å².